The van der Waals surface area contributed by atoms with Gasteiger partial charge >= 0.3 is 0 Å². The molecule has 1 aromatic carbocycles. The van der Waals surface area contributed by atoms with Crippen LogP contribution in [-0.4, -0.2) is 18.5 Å². The van der Waals surface area contributed by atoms with Crippen molar-refractivity contribution in [1.82, 2.24) is 5.32 Å². The number of rotatable bonds is 2. The Kier molecular flexibility index (Phi) is 3.44. The summed E-state index contributed by atoms with van der Waals surface area (Å²) < 4.78 is 0. The lowest BCUT2D eigenvalue weighted by molar-refractivity contribution is 0.526. The van der Waals surface area contributed by atoms with Gasteiger partial charge in [-0.15, -0.1) is 0 Å². The van der Waals surface area contributed by atoms with Crippen LogP contribution in [0.15, 0.2) is 29.3 Å². The molecule has 0 heterocycles. The Labute approximate surface area is 96.8 Å². The molecule has 0 radical (unpaired) electrons. The first-order chi connectivity index (χ1) is 7.79. The van der Waals surface area contributed by atoms with Gasteiger partial charge < -0.3 is 11.1 Å². The summed E-state index contributed by atoms with van der Waals surface area (Å²) in [6, 6.07) is 9.07. The van der Waals surface area contributed by atoms with Gasteiger partial charge in [0, 0.05) is 12.6 Å². The summed E-state index contributed by atoms with van der Waals surface area (Å²) in [4.78, 5) is 4.16. The van der Waals surface area contributed by atoms with Gasteiger partial charge in [-0.05, 0) is 37.3 Å². The molecule has 1 aromatic rings. The fourth-order valence-electron chi connectivity index (χ4n) is 2.25. The summed E-state index contributed by atoms with van der Waals surface area (Å²) in [6.45, 7) is 2.73. The maximum atomic E-state index is 5.77. The summed E-state index contributed by atoms with van der Waals surface area (Å²) in [5, 5.41) is 3.29. The predicted molar refractivity (Wildman–Crippen MR) is 67.6 cm³/mol. The smallest absolute Gasteiger partial charge is 0.188 e. The maximum absolute atomic E-state index is 5.77. The molecule has 2 rings (SSSR count). The third-order valence-corrected chi connectivity index (χ3v) is 3.03. The molecular formula is C13H19N3. The molecule has 0 bridgehead atoms. The van der Waals surface area contributed by atoms with Crippen LogP contribution in [0.4, 0.5) is 0 Å². The molecule has 0 aromatic heterocycles. The Morgan fingerprint density at radius 1 is 1.44 bits per heavy atom. The zero-order valence-corrected chi connectivity index (χ0v) is 9.74. The van der Waals surface area contributed by atoms with Gasteiger partial charge in [-0.25, -0.2) is 0 Å². The van der Waals surface area contributed by atoms with Crippen molar-refractivity contribution in [3.05, 3.63) is 35.4 Å². The van der Waals surface area contributed by atoms with E-state index in [4.69, 9.17) is 5.73 Å². The number of aryl methyl sites for hydroxylation is 1. The summed E-state index contributed by atoms with van der Waals surface area (Å²) in [7, 11) is 0. The van der Waals surface area contributed by atoms with Crippen LogP contribution in [0.25, 0.3) is 0 Å². The lowest BCUT2D eigenvalue weighted by Gasteiger charge is -2.25. The molecule has 3 N–H and O–H groups in total. The minimum atomic E-state index is 0.435. The van der Waals surface area contributed by atoms with Crippen molar-refractivity contribution >= 4 is 5.96 Å². The van der Waals surface area contributed by atoms with E-state index in [2.05, 4.69) is 34.6 Å². The van der Waals surface area contributed by atoms with E-state index in [0.29, 0.717) is 12.0 Å². The summed E-state index contributed by atoms with van der Waals surface area (Å²) in [5.41, 5.74) is 8.69. The highest BCUT2D eigenvalue weighted by Crippen LogP contribution is 2.20. The van der Waals surface area contributed by atoms with Crippen LogP contribution in [-0.2, 0) is 12.8 Å². The summed E-state index contributed by atoms with van der Waals surface area (Å²) >= 11 is 0. The van der Waals surface area contributed by atoms with Gasteiger partial charge in [-0.2, -0.15) is 0 Å². The SMILES string of the molecule is CCN=C(N)NC1CCc2ccccc2C1. The molecule has 1 aliphatic rings. The number of fused-ring (bicyclic) bond motifs is 1. The molecule has 3 heteroatoms. The monoisotopic (exact) mass is 217 g/mol. The zero-order chi connectivity index (χ0) is 11.4. The molecule has 0 saturated heterocycles. The highest BCUT2D eigenvalue weighted by molar-refractivity contribution is 5.78. The zero-order valence-electron chi connectivity index (χ0n) is 9.74. The summed E-state index contributed by atoms with van der Waals surface area (Å²) in [5.74, 6) is 0.576. The van der Waals surface area contributed by atoms with E-state index in [1.807, 2.05) is 6.92 Å². The third kappa shape index (κ3) is 2.54. The molecule has 0 amide bonds. The molecule has 86 valence electrons. The first-order valence-corrected chi connectivity index (χ1v) is 5.93. The van der Waals surface area contributed by atoms with E-state index in [9.17, 15) is 0 Å². The fraction of sp³-hybridized carbons (Fsp3) is 0.462. The topological polar surface area (TPSA) is 50.4 Å². The van der Waals surface area contributed by atoms with Crippen LogP contribution < -0.4 is 11.1 Å². The van der Waals surface area contributed by atoms with E-state index >= 15 is 0 Å². The van der Waals surface area contributed by atoms with Gasteiger partial charge in [0.15, 0.2) is 5.96 Å². The van der Waals surface area contributed by atoms with Crippen LogP contribution in [0.1, 0.15) is 24.5 Å². The van der Waals surface area contributed by atoms with Crippen LogP contribution >= 0.6 is 0 Å². The van der Waals surface area contributed by atoms with E-state index in [1.165, 1.54) is 11.1 Å². The largest absolute Gasteiger partial charge is 0.370 e. The van der Waals surface area contributed by atoms with Gasteiger partial charge in [-0.1, -0.05) is 24.3 Å². The second-order valence-corrected chi connectivity index (χ2v) is 4.21. The molecule has 0 aliphatic heterocycles. The van der Waals surface area contributed by atoms with Gasteiger partial charge in [0.05, 0.1) is 0 Å². The number of aliphatic imine (C=N–C) groups is 1. The highest BCUT2D eigenvalue weighted by Gasteiger charge is 2.17. The lowest BCUT2D eigenvalue weighted by atomic mass is 9.88. The van der Waals surface area contributed by atoms with Crippen molar-refractivity contribution < 1.29 is 0 Å². The van der Waals surface area contributed by atoms with E-state index < -0.39 is 0 Å². The molecule has 16 heavy (non-hydrogen) atoms. The number of nitrogens with zero attached hydrogens (tertiary/aromatic N) is 1. The minimum absolute atomic E-state index is 0.435. The molecule has 1 unspecified atom stereocenters. The van der Waals surface area contributed by atoms with Gasteiger partial charge in [0.2, 0.25) is 0 Å². The number of guanidine groups is 1. The Balaban J connectivity index is 2.00. The second-order valence-electron chi connectivity index (χ2n) is 4.21. The van der Waals surface area contributed by atoms with Crippen molar-refractivity contribution in [2.45, 2.75) is 32.2 Å². The quantitative estimate of drug-likeness (QED) is 0.582. The standard InChI is InChI=1S/C13H19N3/c1-2-15-13(14)16-12-8-7-10-5-3-4-6-11(10)9-12/h3-6,12H,2,7-9H2,1H3,(H3,14,15,16). The first-order valence-electron chi connectivity index (χ1n) is 5.93. The molecule has 3 nitrogen and oxygen atoms in total. The maximum Gasteiger partial charge on any atom is 0.188 e. The van der Waals surface area contributed by atoms with Gasteiger partial charge in [-0.3, -0.25) is 4.99 Å². The van der Waals surface area contributed by atoms with E-state index in [0.717, 1.165) is 25.8 Å². The first kappa shape index (κ1) is 11.0. The van der Waals surface area contributed by atoms with Gasteiger partial charge in [0.1, 0.15) is 0 Å². The van der Waals surface area contributed by atoms with E-state index in [-0.39, 0.29) is 0 Å². The molecule has 0 fully saturated rings. The number of benzene rings is 1. The number of nitrogens with two attached hydrogens (primary N) is 1. The van der Waals surface area contributed by atoms with Crippen LogP contribution in [0, 0.1) is 0 Å². The number of hydrogen-bond acceptors (Lipinski definition) is 1. The average Bonchev–Trinajstić information content (AvgIpc) is 2.29. The Morgan fingerprint density at radius 2 is 2.19 bits per heavy atom. The number of hydrogen-bond donors (Lipinski definition) is 2. The van der Waals surface area contributed by atoms with Crippen molar-refractivity contribution in [3.8, 4) is 0 Å². The van der Waals surface area contributed by atoms with Crippen molar-refractivity contribution in [1.29, 1.82) is 0 Å². The molecular weight excluding hydrogens is 198 g/mol. The molecule has 1 atom stereocenters. The van der Waals surface area contributed by atoms with Crippen LogP contribution in [0.5, 0.6) is 0 Å². The highest BCUT2D eigenvalue weighted by atomic mass is 15.1. The van der Waals surface area contributed by atoms with Gasteiger partial charge in [0.25, 0.3) is 0 Å². The van der Waals surface area contributed by atoms with Crippen molar-refractivity contribution in [3.63, 3.8) is 0 Å². The van der Waals surface area contributed by atoms with Crippen molar-refractivity contribution in [2.75, 3.05) is 6.54 Å². The second kappa shape index (κ2) is 5.01. The van der Waals surface area contributed by atoms with Crippen molar-refractivity contribution in [2.24, 2.45) is 10.7 Å². The molecule has 0 saturated carbocycles. The lowest BCUT2D eigenvalue weighted by Crippen LogP contribution is -2.43. The Bertz CT molecular complexity index is 385. The normalized spacial score (nSPS) is 20.3. The Hall–Kier alpha value is -1.51. The minimum Gasteiger partial charge on any atom is -0.370 e. The molecule has 1 aliphatic carbocycles. The predicted octanol–water partition coefficient (Wildman–Crippen LogP) is 1.47. The van der Waals surface area contributed by atoms with Crippen LogP contribution in [0.3, 0.4) is 0 Å². The fourth-order valence-corrected chi connectivity index (χ4v) is 2.25. The van der Waals surface area contributed by atoms with Crippen LogP contribution in [0.2, 0.25) is 0 Å². The number of nitrogens with one attached hydrogen (secondary N) is 1. The van der Waals surface area contributed by atoms with E-state index in [1.54, 1.807) is 0 Å². The third-order valence-electron chi connectivity index (χ3n) is 3.03. The summed E-state index contributed by atoms with van der Waals surface area (Å²) in [6.07, 6.45) is 3.32. The Morgan fingerprint density at radius 3 is 2.94 bits per heavy atom. The molecule has 0 spiro atoms. The average molecular weight is 217 g/mol.